The lowest BCUT2D eigenvalue weighted by Gasteiger charge is -2.23. The van der Waals surface area contributed by atoms with Crippen molar-refractivity contribution in [2.24, 2.45) is 11.7 Å². The van der Waals surface area contributed by atoms with Crippen LogP contribution in [0, 0.1) is 5.92 Å². The topological polar surface area (TPSA) is 42.2 Å². The van der Waals surface area contributed by atoms with E-state index in [0.29, 0.717) is 18.4 Å². The second-order valence-corrected chi connectivity index (χ2v) is 6.28. The lowest BCUT2D eigenvalue weighted by atomic mass is 10.1. The number of rotatable bonds is 7. The molecule has 1 atom stereocenters. The summed E-state index contributed by atoms with van der Waals surface area (Å²) in [5.74, 6) is 1.16. The summed E-state index contributed by atoms with van der Waals surface area (Å²) in [6, 6.07) is 0. The van der Waals surface area contributed by atoms with Crippen LogP contribution >= 0.6 is 11.3 Å². The summed E-state index contributed by atoms with van der Waals surface area (Å²) in [6.07, 6.45) is 1.21. The maximum absolute atomic E-state index is 5.82. The van der Waals surface area contributed by atoms with E-state index in [1.54, 1.807) is 11.3 Å². The quantitative estimate of drug-likeness (QED) is 0.822. The largest absolute Gasteiger partial charge is 0.348 e. The molecule has 1 aromatic rings. The van der Waals surface area contributed by atoms with Crippen molar-refractivity contribution in [3.05, 3.63) is 10.6 Å². The molecule has 0 radical (unpaired) electrons. The minimum absolute atomic E-state index is 0.454. The van der Waals surface area contributed by atoms with E-state index in [1.165, 1.54) is 17.0 Å². The predicted octanol–water partition coefficient (Wildman–Crippen LogP) is 3.60. The number of anilines is 1. The van der Waals surface area contributed by atoms with Crippen LogP contribution in [-0.2, 0) is 6.54 Å². The van der Waals surface area contributed by atoms with Gasteiger partial charge in [-0.1, -0.05) is 34.1 Å². The van der Waals surface area contributed by atoms with Crippen LogP contribution in [0.2, 0.25) is 0 Å². The third kappa shape index (κ3) is 3.69. The fourth-order valence-electron chi connectivity index (χ4n) is 1.93. The molecule has 0 fully saturated rings. The Morgan fingerprint density at radius 1 is 1.28 bits per heavy atom. The molecule has 0 bridgehead atoms. The molecule has 0 saturated carbocycles. The van der Waals surface area contributed by atoms with Crippen LogP contribution in [0.15, 0.2) is 0 Å². The van der Waals surface area contributed by atoms with E-state index in [4.69, 9.17) is 10.7 Å². The van der Waals surface area contributed by atoms with Crippen molar-refractivity contribution >= 4 is 16.5 Å². The van der Waals surface area contributed by atoms with Crippen molar-refractivity contribution < 1.29 is 0 Å². The summed E-state index contributed by atoms with van der Waals surface area (Å²) in [7, 11) is 0. The normalized spacial score (nSPS) is 13.1. The summed E-state index contributed by atoms with van der Waals surface area (Å²) in [6.45, 7) is 13.8. The maximum Gasteiger partial charge on any atom is 0.185 e. The van der Waals surface area contributed by atoms with Gasteiger partial charge in [0.05, 0.1) is 5.69 Å². The zero-order valence-electron chi connectivity index (χ0n) is 12.4. The number of thiazole rings is 1. The van der Waals surface area contributed by atoms with E-state index in [0.717, 1.165) is 18.2 Å². The van der Waals surface area contributed by atoms with Gasteiger partial charge in [0.15, 0.2) is 5.13 Å². The molecule has 0 amide bonds. The van der Waals surface area contributed by atoms with E-state index in [1.807, 2.05) is 0 Å². The number of nitrogens with two attached hydrogens (primary N) is 1. The fraction of sp³-hybridized carbons (Fsp3) is 0.786. The van der Waals surface area contributed by atoms with Crippen molar-refractivity contribution in [2.75, 3.05) is 18.0 Å². The SMILES string of the molecule is CCC(C)CN(CC)c1nc(C(C)C)c(CN)s1. The second kappa shape index (κ2) is 7.10. The van der Waals surface area contributed by atoms with Gasteiger partial charge < -0.3 is 10.6 Å². The molecule has 18 heavy (non-hydrogen) atoms. The average molecular weight is 269 g/mol. The summed E-state index contributed by atoms with van der Waals surface area (Å²) < 4.78 is 0. The Kier molecular flexibility index (Phi) is 6.09. The molecule has 3 nitrogen and oxygen atoms in total. The molecule has 4 heteroatoms. The Hall–Kier alpha value is -0.610. The van der Waals surface area contributed by atoms with Crippen LogP contribution in [-0.4, -0.2) is 18.1 Å². The standard InChI is InChI=1S/C14H27N3S/c1-6-11(5)9-17(7-2)14-16-13(10(3)4)12(8-15)18-14/h10-11H,6-9,15H2,1-5H3. The average Bonchev–Trinajstić information content (AvgIpc) is 2.79. The molecule has 2 N–H and O–H groups in total. The van der Waals surface area contributed by atoms with Gasteiger partial charge >= 0.3 is 0 Å². The smallest absolute Gasteiger partial charge is 0.185 e. The summed E-state index contributed by atoms with van der Waals surface area (Å²) in [5.41, 5.74) is 7.00. The van der Waals surface area contributed by atoms with E-state index >= 15 is 0 Å². The third-order valence-corrected chi connectivity index (χ3v) is 4.48. The van der Waals surface area contributed by atoms with E-state index in [2.05, 4.69) is 39.5 Å². The Morgan fingerprint density at radius 3 is 2.33 bits per heavy atom. The van der Waals surface area contributed by atoms with Gasteiger partial charge in [-0.15, -0.1) is 11.3 Å². The van der Waals surface area contributed by atoms with Gasteiger partial charge in [0.25, 0.3) is 0 Å². The highest BCUT2D eigenvalue weighted by Crippen LogP contribution is 2.30. The van der Waals surface area contributed by atoms with Gasteiger partial charge in [0.1, 0.15) is 0 Å². The van der Waals surface area contributed by atoms with Crippen LogP contribution in [0.1, 0.15) is 57.5 Å². The van der Waals surface area contributed by atoms with Crippen molar-refractivity contribution in [3.63, 3.8) is 0 Å². The van der Waals surface area contributed by atoms with Crippen molar-refractivity contribution in [1.29, 1.82) is 0 Å². The predicted molar refractivity (Wildman–Crippen MR) is 81.4 cm³/mol. The minimum Gasteiger partial charge on any atom is -0.348 e. The Balaban J connectivity index is 2.92. The van der Waals surface area contributed by atoms with Crippen LogP contribution < -0.4 is 10.6 Å². The van der Waals surface area contributed by atoms with Gasteiger partial charge in [0, 0.05) is 24.5 Å². The molecule has 0 saturated heterocycles. The van der Waals surface area contributed by atoms with Gasteiger partial charge in [0.2, 0.25) is 0 Å². The molecular formula is C14H27N3S. The van der Waals surface area contributed by atoms with Crippen LogP contribution in [0.4, 0.5) is 5.13 Å². The number of hydrogen-bond donors (Lipinski definition) is 1. The first kappa shape index (κ1) is 15.4. The summed E-state index contributed by atoms with van der Waals surface area (Å²) in [5, 5.41) is 1.14. The zero-order valence-corrected chi connectivity index (χ0v) is 13.2. The fourth-order valence-corrected chi connectivity index (χ4v) is 3.10. The highest BCUT2D eigenvalue weighted by Gasteiger charge is 2.17. The van der Waals surface area contributed by atoms with Crippen molar-refractivity contribution in [3.8, 4) is 0 Å². The molecular weight excluding hydrogens is 242 g/mol. The van der Waals surface area contributed by atoms with Gasteiger partial charge in [-0.3, -0.25) is 0 Å². The molecule has 0 aliphatic carbocycles. The molecule has 0 aliphatic rings. The first-order chi connectivity index (χ1) is 8.53. The third-order valence-electron chi connectivity index (χ3n) is 3.33. The molecule has 0 spiro atoms. The molecule has 1 aromatic heterocycles. The lowest BCUT2D eigenvalue weighted by molar-refractivity contribution is 0.547. The van der Waals surface area contributed by atoms with E-state index < -0.39 is 0 Å². The minimum atomic E-state index is 0.454. The van der Waals surface area contributed by atoms with E-state index in [9.17, 15) is 0 Å². The van der Waals surface area contributed by atoms with Gasteiger partial charge in [-0.25, -0.2) is 4.98 Å². The molecule has 104 valence electrons. The van der Waals surface area contributed by atoms with Crippen LogP contribution in [0.5, 0.6) is 0 Å². The highest BCUT2D eigenvalue weighted by molar-refractivity contribution is 7.15. The zero-order chi connectivity index (χ0) is 13.7. The van der Waals surface area contributed by atoms with Crippen molar-refractivity contribution in [1.82, 2.24) is 4.98 Å². The van der Waals surface area contributed by atoms with Gasteiger partial charge in [-0.2, -0.15) is 0 Å². The molecule has 0 aliphatic heterocycles. The van der Waals surface area contributed by atoms with Crippen molar-refractivity contribution in [2.45, 2.75) is 53.5 Å². The first-order valence-electron chi connectivity index (χ1n) is 6.97. The number of nitrogens with zero attached hydrogens (tertiary/aromatic N) is 2. The number of hydrogen-bond acceptors (Lipinski definition) is 4. The molecule has 1 heterocycles. The van der Waals surface area contributed by atoms with Crippen LogP contribution in [0.3, 0.4) is 0 Å². The second-order valence-electron chi connectivity index (χ2n) is 5.22. The van der Waals surface area contributed by atoms with Crippen LogP contribution in [0.25, 0.3) is 0 Å². The molecule has 1 rings (SSSR count). The Labute approximate surface area is 115 Å². The molecule has 0 aromatic carbocycles. The monoisotopic (exact) mass is 269 g/mol. The maximum atomic E-state index is 5.82. The highest BCUT2D eigenvalue weighted by atomic mass is 32.1. The number of aromatic nitrogens is 1. The van der Waals surface area contributed by atoms with Gasteiger partial charge in [-0.05, 0) is 18.8 Å². The Bertz CT molecular complexity index is 360. The van der Waals surface area contributed by atoms with E-state index in [-0.39, 0.29) is 0 Å². The summed E-state index contributed by atoms with van der Waals surface area (Å²) >= 11 is 1.76. The summed E-state index contributed by atoms with van der Waals surface area (Å²) in [4.78, 5) is 8.42. The first-order valence-corrected chi connectivity index (χ1v) is 7.79. The molecule has 1 unspecified atom stereocenters. The Morgan fingerprint density at radius 2 is 1.94 bits per heavy atom. The lowest BCUT2D eigenvalue weighted by Crippen LogP contribution is -2.27.